The van der Waals surface area contributed by atoms with E-state index >= 15 is 0 Å². The molecule has 4 heteroatoms. The van der Waals surface area contributed by atoms with Crippen LogP contribution in [-0.4, -0.2) is 16.8 Å². The number of aryl methyl sites for hydroxylation is 1. The van der Waals surface area contributed by atoms with Gasteiger partial charge in [0.2, 0.25) is 0 Å². The van der Waals surface area contributed by atoms with Crippen molar-refractivity contribution in [3.05, 3.63) is 64.7 Å². The molecule has 1 N–H and O–H groups in total. The standard InChI is InChI=1S/C17H17ClO2S/c18-15-5-1-2-6-16(15)21-11-3-4-13-7-9-14(10-8-13)12-17(19)20/h1-2,5-10H,3-4,11-12H2,(H,19,20). The van der Waals surface area contributed by atoms with E-state index in [0.717, 1.165) is 34.1 Å². The molecular formula is C17H17ClO2S. The summed E-state index contributed by atoms with van der Waals surface area (Å²) >= 11 is 7.88. The van der Waals surface area contributed by atoms with Crippen molar-refractivity contribution >= 4 is 29.3 Å². The monoisotopic (exact) mass is 320 g/mol. The highest BCUT2D eigenvalue weighted by atomic mass is 35.5. The van der Waals surface area contributed by atoms with E-state index in [1.165, 1.54) is 5.56 Å². The van der Waals surface area contributed by atoms with E-state index in [-0.39, 0.29) is 6.42 Å². The zero-order valence-electron chi connectivity index (χ0n) is 11.6. The Kier molecular flexibility index (Phi) is 6.15. The number of carboxylic acid groups (broad SMARTS) is 1. The van der Waals surface area contributed by atoms with Crippen LogP contribution in [0.2, 0.25) is 5.02 Å². The molecule has 0 aromatic heterocycles. The van der Waals surface area contributed by atoms with E-state index in [2.05, 4.69) is 0 Å². The summed E-state index contributed by atoms with van der Waals surface area (Å²) < 4.78 is 0. The number of carboxylic acids is 1. The number of aliphatic carboxylic acids is 1. The molecule has 0 bridgehead atoms. The van der Waals surface area contributed by atoms with Crippen LogP contribution in [0.5, 0.6) is 0 Å². The lowest BCUT2D eigenvalue weighted by atomic mass is 10.1. The largest absolute Gasteiger partial charge is 0.481 e. The summed E-state index contributed by atoms with van der Waals surface area (Å²) in [5.74, 6) is 0.222. The molecule has 2 aromatic rings. The summed E-state index contributed by atoms with van der Waals surface area (Å²) in [5.41, 5.74) is 2.08. The Labute approximate surface area is 134 Å². The Morgan fingerprint density at radius 1 is 1.05 bits per heavy atom. The van der Waals surface area contributed by atoms with Crippen LogP contribution in [0, 0.1) is 0 Å². The van der Waals surface area contributed by atoms with Crippen LogP contribution in [-0.2, 0) is 17.6 Å². The third-order valence-electron chi connectivity index (χ3n) is 3.08. The molecule has 0 radical (unpaired) electrons. The van der Waals surface area contributed by atoms with Crippen LogP contribution in [0.3, 0.4) is 0 Å². The lowest BCUT2D eigenvalue weighted by Gasteiger charge is -2.05. The molecule has 0 saturated heterocycles. The number of thioether (sulfide) groups is 1. The fourth-order valence-corrected chi connectivity index (χ4v) is 3.21. The molecule has 0 amide bonds. The first kappa shape index (κ1) is 15.9. The second-order valence-electron chi connectivity index (χ2n) is 4.77. The molecule has 2 rings (SSSR count). The van der Waals surface area contributed by atoms with Gasteiger partial charge >= 0.3 is 5.97 Å². The number of hydrogen-bond acceptors (Lipinski definition) is 2. The Morgan fingerprint density at radius 2 is 1.71 bits per heavy atom. The van der Waals surface area contributed by atoms with Crippen molar-refractivity contribution in [2.24, 2.45) is 0 Å². The summed E-state index contributed by atoms with van der Waals surface area (Å²) in [6.07, 6.45) is 2.14. The van der Waals surface area contributed by atoms with Gasteiger partial charge in [-0.1, -0.05) is 48.0 Å². The fourth-order valence-electron chi connectivity index (χ4n) is 2.02. The average Bonchev–Trinajstić information content (AvgIpc) is 2.46. The van der Waals surface area contributed by atoms with E-state index in [0.29, 0.717) is 0 Å². The number of halogens is 1. The van der Waals surface area contributed by atoms with Gasteiger partial charge in [-0.3, -0.25) is 4.79 Å². The van der Waals surface area contributed by atoms with Crippen LogP contribution in [0.25, 0.3) is 0 Å². The van der Waals surface area contributed by atoms with Gasteiger partial charge in [0, 0.05) is 4.90 Å². The maximum absolute atomic E-state index is 10.6. The number of benzene rings is 2. The highest BCUT2D eigenvalue weighted by Crippen LogP contribution is 2.27. The second kappa shape index (κ2) is 8.11. The van der Waals surface area contributed by atoms with Crippen LogP contribution in [0.1, 0.15) is 17.5 Å². The lowest BCUT2D eigenvalue weighted by molar-refractivity contribution is -0.136. The van der Waals surface area contributed by atoms with Crippen molar-refractivity contribution in [1.29, 1.82) is 0 Å². The molecule has 0 atom stereocenters. The summed E-state index contributed by atoms with van der Waals surface area (Å²) in [6.45, 7) is 0. The van der Waals surface area contributed by atoms with Crippen LogP contribution in [0.4, 0.5) is 0 Å². The zero-order valence-corrected chi connectivity index (χ0v) is 13.2. The Hall–Kier alpha value is -1.45. The lowest BCUT2D eigenvalue weighted by Crippen LogP contribution is -1.99. The minimum atomic E-state index is -0.793. The molecular weight excluding hydrogens is 304 g/mol. The highest BCUT2D eigenvalue weighted by molar-refractivity contribution is 7.99. The van der Waals surface area contributed by atoms with Crippen molar-refractivity contribution < 1.29 is 9.90 Å². The maximum Gasteiger partial charge on any atom is 0.307 e. The number of rotatable bonds is 7. The molecule has 0 spiro atoms. The maximum atomic E-state index is 10.6. The second-order valence-corrected chi connectivity index (χ2v) is 6.31. The first-order chi connectivity index (χ1) is 10.1. The fraction of sp³-hybridized carbons (Fsp3) is 0.235. The summed E-state index contributed by atoms with van der Waals surface area (Å²) in [5, 5.41) is 9.53. The molecule has 0 heterocycles. The van der Waals surface area contributed by atoms with Crippen LogP contribution < -0.4 is 0 Å². The molecule has 0 aliphatic rings. The van der Waals surface area contributed by atoms with E-state index in [9.17, 15) is 4.79 Å². The normalized spacial score (nSPS) is 10.5. The van der Waals surface area contributed by atoms with Gasteiger partial charge in [0.15, 0.2) is 0 Å². The first-order valence-corrected chi connectivity index (χ1v) is 8.18. The van der Waals surface area contributed by atoms with Crippen molar-refractivity contribution in [2.45, 2.75) is 24.2 Å². The zero-order chi connectivity index (χ0) is 15.1. The summed E-state index contributed by atoms with van der Waals surface area (Å²) in [6, 6.07) is 15.7. The van der Waals surface area contributed by atoms with Crippen molar-refractivity contribution in [3.8, 4) is 0 Å². The number of hydrogen-bond donors (Lipinski definition) is 1. The van der Waals surface area contributed by atoms with Crippen molar-refractivity contribution in [1.82, 2.24) is 0 Å². The third-order valence-corrected chi connectivity index (χ3v) is 4.68. The van der Waals surface area contributed by atoms with E-state index in [4.69, 9.17) is 16.7 Å². The Bertz CT molecular complexity index is 596. The predicted molar refractivity (Wildman–Crippen MR) is 88.3 cm³/mol. The van der Waals surface area contributed by atoms with Gasteiger partial charge in [0.05, 0.1) is 11.4 Å². The van der Waals surface area contributed by atoms with Gasteiger partial charge in [-0.15, -0.1) is 11.8 Å². The minimum Gasteiger partial charge on any atom is -0.481 e. The third kappa shape index (κ3) is 5.44. The Morgan fingerprint density at radius 3 is 2.38 bits per heavy atom. The van der Waals surface area contributed by atoms with Gasteiger partial charge in [0.1, 0.15) is 0 Å². The van der Waals surface area contributed by atoms with Crippen LogP contribution in [0.15, 0.2) is 53.4 Å². The minimum absolute atomic E-state index is 0.0860. The first-order valence-electron chi connectivity index (χ1n) is 6.82. The topological polar surface area (TPSA) is 37.3 Å². The van der Waals surface area contributed by atoms with E-state index < -0.39 is 5.97 Å². The molecule has 0 unspecified atom stereocenters. The van der Waals surface area contributed by atoms with Gasteiger partial charge in [-0.25, -0.2) is 0 Å². The molecule has 0 aliphatic carbocycles. The van der Waals surface area contributed by atoms with Crippen LogP contribution >= 0.6 is 23.4 Å². The quantitative estimate of drug-likeness (QED) is 0.594. The molecule has 0 saturated carbocycles. The average molecular weight is 321 g/mol. The van der Waals surface area contributed by atoms with Gasteiger partial charge < -0.3 is 5.11 Å². The van der Waals surface area contributed by atoms with Crippen molar-refractivity contribution in [2.75, 3.05) is 5.75 Å². The van der Waals surface area contributed by atoms with Crippen molar-refractivity contribution in [3.63, 3.8) is 0 Å². The van der Waals surface area contributed by atoms with E-state index in [1.54, 1.807) is 11.8 Å². The van der Waals surface area contributed by atoms with Gasteiger partial charge in [0.25, 0.3) is 0 Å². The van der Waals surface area contributed by atoms with Gasteiger partial charge in [-0.2, -0.15) is 0 Å². The van der Waals surface area contributed by atoms with E-state index in [1.807, 2.05) is 48.5 Å². The molecule has 2 aromatic carbocycles. The summed E-state index contributed by atoms with van der Waals surface area (Å²) in [7, 11) is 0. The Balaban J connectivity index is 1.76. The smallest absolute Gasteiger partial charge is 0.307 e. The number of carbonyl (C=O) groups is 1. The summed E-state index contributed by atoms with van der Waals surface area (Å²) in [4.78, 5) is 11.7. The molecule has 0 fully saturated rings. The highest BCUT2D eigenvalue weighted by Gasteiger charge is 2.02. The predicted octanol–water partition coefficient (Wildman–Crippen LogP) is 4.69. The molecule has 110 valence electrons. The molecule has 21 heavy (non-hydrogen) atoms. The SMILES string of the molecule is O=C(O)Cc1ccc(CCCSc2ccccc2Cl)cc1. The molecule has 0 aliphatic heterocycles. The molecule has 2 nitrogen and oxygen atoms in total. The van der Waals surface area contributed by atoms with Gasteiger partial charge in [-0.05, 0) is 41.9 Å².